The number of carbonyl (C=O) groups is 2. The van der Waals surface area contributed by atoms with E-state index in [0.29, 0.717) is 18.4 Å². The van der Waals surface area contributed by atoms with E-state index < -0.39 is 0 Å². The Kier molecular flexibility index (Phi) is 7.28. The third-order valence-corrected chi connectivity index (χ3v) is 7.68. The fraction of sp³-hybridized carbons (Fsp3) is 0.355. The van der Waals surface area contributed by atoms with Crippen LogP contribution >= 0.6 is 0 Å². The quantitative estimate of drug-likeness (QED) is 0.477. The Morgan fingerprint density at radius 3 is 2.19 bits per heavy atom. The fourth-order valence-electron chi connectivity index (χ4n) is 5.61. The maximum absolute atomic E-state index is 13.9. The lowest BCUT2D eigenvalue weighted by atomic mass is 9.89. The molecule has 2 atom stereocenters. The molecule has 6 heteroatoms. The summed E-state index contributed by atoms with van der Waals surface area (Å²) < 4.78 is 0. The van der Waals surface area contributed by atoms with Gasteiger partial charge in [0.15, 0.2) is 0 Å². The van der Waals surface area contributed by atoms with Gasteiger partial charge < -0.3 is 19.6 Å². The number of hydrogen-bond donors (Lipinski definition) is 0. The average Bonchev–Trinajstić information content (AvgIpc) is 2.94. The zero-order valence-electron chi connectivity index (χ0n) is 22.0. The maximum Gasteiger partial charge on any atom is 0.258 e. The zero-order chi connectivity index (χ0) is 25.9. The highest BCUT2D eigenvalue weighted by molar-refractivity contribution is 6.07. The summed E-state index contributed by atoms with van der Waals surface area (Å²) in [5.41, 5.74) is 4.62. The van der Waals surface area contributed by atoms with Crippen LogP contribution in [0.3, 0.4) is 0 Å². The second-order valence-corrected chi connectivity index (χ2v) is 10.1. The van der Waals surface area contributed by atoms with Crippen LogP contribution in [0.15, 0.2) is 78.9 Å². The van der Waals surface area contributed by atoms with Gasteiger partial charge >= 0.3 is 0 Å². The molecule has 2 aliphatic rings. The number of anilines is 3. The Hall–Kier alpha value is -3.64. The minimum absolute atomic E-state index is 0.00333. The molecule has 3 aromatic rings. The van der Waals surface area contributed by atoms with Gasteiger partial charge in [-0.3, -0.25) is 9.59 Å². The van der Waals surface area contributed by atoms with E-state index in [4.69, 9.17) is 0 Å². The molecule has 1 fully saturated rings. The van der Waals surface area contributed by atoms with Crippen molar-refractivity contribution in [1.29, 1.82) is 0 Å². The van der Waals surface area contributed by atoms with Crippen LogP contribution < -0.4 is 14.7 Å². The van der Waals surface area contributed by atoms with E-state index in [0.717, 1.165) is 48.8 Å². The number of benzene rings is 3. The van der Waals surface area contributed by atoms with Gasteiger partial charge in [0.25, 0.3) is 5.91 Å². The lowest BCUT2D eigenvalue weighted by Gasteiger charge is -2.43. The summed E-state index contributed by atoms with van der Waals surface area (Å²) in [7, 11) is 2.15. The van der Waals surface area contributed by atoms with E-state index in [2.05, 4.69) is 42.0 Å². The van der Waals surface area contributed by atoms with Crippen LogP contribution in [0.1, 0.15) is 48.7 Å². The minimum atomic E-state index is -0.135. The number of hydrogen-bond acceptors (Lipinski definition) is 4. The Bertz CT molecular complexity index is 1240. The van der Waals surface area contributed by atoms with Gasteiger partial charge in [0.2, 0.25) is 5.91 Å². The largest absolute Gasteiger partial charge is 0.369 e. The van der Waals surface area contributed by atoms with Gasteiger partial charge in [-0.2, -0.15) is 0 Å². The van der Waals surface area contributed by atoms with Gasteiger partial charge in [-0.25, -0.2) is 0 Å². The molecule has 2 heterocycles. The van der Waals surface area contributed by atoms with Gasteiger partial charge in [-0.1, -0.05) is 43.3 Å². The Balaban J connectivity index is 1.45. The number of fused-ring (bicyclic) bond motifs is 1. The van der Waals surface area contributed by atoms with Crippen molar-refractivity contribution < 1.29 is 9.59 Å². The van der Waals surface area contributed by atoms with Crippen molar-refractivity contribution in [3.8, 4) is 0 Å². The van der Waals surface area contributed by atoms with Crippen LogP contribution in [0.4, 0.5) is 17.1 Å². The zero-order valence-corrected chi connectivity index (χ0v) is 22.0. The Morgan fingerprint density at radius 2 is 1.51 bits per heavy atom. The molecule has 1 unspecified atom stereocenters. The normalized spacial score (nSPS) is 19.9. The van der Waals surface area contributed by atoms with Gasteiger partial charge in [-0.05, 0) is 68.4 Å². The molecule has 5 rings (SSSR count). The number of likely N-dealkylation sites (N-methyl/N-ethyl adjacent to an activating group) is 1. The molecular weight excluding hydrogens is 460 g/mol. The number of nitrogens with zero attached hydrogens (tertiary/aromatic N) is 4. The summed E-state index contributed by atoms with van der Waals surface area (Å²) in [4.78, 5) is 35.6. The molecule has 0 radical (unpaired) electrons. The molecule has 3 aromatic carbocycles. The van der Waals surface area contributed by atoms with Gasteiger partial charge in [0.05, 0.1) is 6.04 Å². The first-order valence-electron chi connectivity index (χ1n) is 13.3. The van der Waals surface area contributed by atoms with Crippen LogP contribution in [0.2, 0.25) is 0 Å². The highest BCUT2D eigenvalue weighted by Crippen LogP contribution is 2.43. The third kappa shape index (κ3) is 4.98. The molecule has 1 saturated heterocycles. The second-order valence-electron chi connectivity index (χ2n) is 10.1. The molecule has 2 aliphatic heterocycles. The van der Waals surface area contributed by atoms with Crippen LogP contribution in [0.5, 0.6) is 0 Å². The smallest absolute Gasteiger partial charge is 0.258 e. The number of piperazine rings is 1. The lowest BCUT2D eigenvalue weighted by molar-refractivity contribution is -0.118. The lowest BCUT2D eigenvalue weighted by Crippen LogP contribution is -2.47. The summed E-state index contributed by atoms with van der Waals surface area (Å²) in [5, 5.41) is 0. The highest BCUT2D eigenvalue weighted by atomic mass is 16.2. The van der Waals surface area contributed by atoms with E-state index in [1.807, 2.05) is 77.4 Å². The summed E-state index contributed by atoms with van der Waals surface area (Å²) >= 11 is 0. The highest BCUT2D eigenvalue weighted by Gasteiger charge is 2.38. The van der Waals surface area contributed by atoms with Gasteiger partial charge in [0.1, 0.15) is 0 Å². The van der Waals surface area contributed by atoms with Gasteiger partial charge in [-0.15, -0.1) is 0 Å². The van der Waals surface area contributed by atoms with Crippen molar-refractivity contribution in [3.63, 3.8) is 0 Å². The minimum Gasteiger partial charge on any atom is -0.369 e. The topological polar surface area (TPSA) is 47.1 Å². The number of carbonyl (C=O) groups excluding carboxylic acids is 2. The van der Waals surface area contributed by atoms with Crippen molar-refractivity contribution in [2.24, 2.45) is 0 Å². The number of amides is 2. The summed E-state index contributed by atoms with van der Waals surface area (Å²) in [6.07, 6.45) is 1.09. The molecule has 0 aliphatic carbocycles. The predicted molar refractivity (Wildman–Crippen MR) is 150 cm³/mol. The first-order valence-corrected chi connectivity index (χ1v) is 13.3. The molecule has 0 spiro atoms. The predicted octanol–water partition coefficient (Wildman–Crippen LogP) is 5.36. The van der Waals surface area contributed by atoms with E-state index in [-0.39, 0.29) is 23.9 Å². The maximum atomic E-state index is 13.9. The van der Waals surface area contributed by atoms with Crippen molar-refractivity contribution >= 4 is 28.9 Å². The third-order valence-electron chi connectivity index (χ3n) is 7.68. The molecule has 2 amide bonds. The molecule has 37 heavy (non-hydrogen) atoms. The molecule has 0 saturated carbocycles. The van der Waals surface area contributed by atoms with Crippen LogP contribution in [-0.4, -0.2) is 56.0 Å². The first kappa shape index (κ1) is 25.0. The van der Waals surface area contributed by atoms with E-state index in [1.165, 1.54) is 0 Å². The monoisotopic (exact) mass is 496 g/mol. The van der Waals surface area contributed by atoms with Crippen molar-refractivity contribution in [1.82, 2.24) is 4.90 Å². The molecule has 0 bridgehead atoms. The van der Waals surface area contributed by atoms with E-state index in [9.17, 15) is 9.59 Å². The summed E-state index contributed by atoms with van der Waals surface area (Å²) in [6, 6.07) is 25.7. The molecule has 6 nitrogen and oxygen atoms in total. The first-order chi connectivity index (χ1) is 18.0. The number of rotatable bonds is 5. The molecule has 0 N–H and O–H groups in total. The molecule has 0 aromatic heterocycles. The van der Waals surface area contributed by atoms with Crippen molar-refractivity contribution in [2.45, 2.75) is 38.8 Å². The number of para-hydroxylation sites is 2. The van der Waals surface area contributed by atoms with Crippen molar-refractivity contribution in [3.05, 3.63) is 90.0 Å². The fourth-order valence-corrected chi connectivity index (χ4v) is 5.61. The Labute approximate surface area is 220 Å². The van der Waals surface area contributed by atoms with Crippen LogP contribution in [0, 0.1) is 0 Å². The standard InChI is InChI=1S/C31H36N4O2/c1-4-30(36)35(26-10-6-5-7-11-26)29-22-23(2)34(28-13-9-8-12-27(28)29)31(37)24-14-16-25(17-15-24)33-20-18-32(3)19-21-33/h5-17,23,29H,4,18-22H2,1-3H3/t23?,29-/m0/s1. The second kappa shape index (κ2) is 10.8. The van der Waals surface area contributed by atoms with E-state index in [1.54, 1.807) is 0 Å². The SMILES string of the molecule is CCC(=O)N(c1ccccc1)[C@H]1CC(C)N(C(=O)c2ccc(N3CCN(C)CC3)cc2)c2ccccc21. The average molecular weight is 497 g/mol. The summed E-state index contributed by atoms with van der Waals surface area (Å²) in [6.45, 7) is 8.07. The van der Waals surface area contributed by atoms with E-state index >= 15 is 0 Å². The molecule has 192 valence electrons. The van der Waals surface area contributed by atoms with Crippen LogP contribution in [-0.2, 0) is 4.79 Å². The van der Waals surface area contributed by atoms with Crippen LogP contribution in [0.25, 0.3) is 0 Å². The van der Waals surface area contributed by atoms with Crippen molar-refractivity contribution in [2.75, 3.05) is 47.9 Å². The summed E-state index contributed by atoms with van der Waals surface area (Å²) in [5.74, 6) is 0.0777. The molecular formula is C31H36N4O2. The van der Waals surface area contributed by atoms with Gasteiger partial charge in [0, 0.05) is 61.3 Å². The Morgan fingerprint density at radius 1 is 0.865 bits per heavy atom.